The van der Waals surface area contributed by atoms with Crippen LogP contribution in [0.3, 0.4) is 0 Å². The number of hydrogen-bond acceptors (Lipinski definition) is 0. The molecule has 0 aromatic carbocycles. The molecule has 0 aromatic heterocycles. The Morgan fingerprint density at radius 1 is 1.07 bits per heavy atom. The summed E-state index contributed by atoms with van der Waals surface area (Å²) in [6.45, 7) is 9.11. The lowest BCUT2D eigenvalue weighted by atomic mass is 9.79. The molecule has 1 unspecified atom stereocenters. The summed E-state index contributed by atoms with van der Waals surface area (Å²) in [4.78, 5) is 0. The lowest BCUT2D eigenvalue weighted by Gasteiger charge is -2.30. The van der Waals surface area contributed by atoms with E-state index in [-0.39, 0.29) is 0 Å². The number of hydrogen-bond donors (Lipinski definition) is 0. The Bertz CT molecular complexity index is 145. The van der Waals surface area contributed by atoms with Gasteiger partial charge in [0.1, 0.15) is 6.10 Å². The van der Waals surface area contributed by atoms with Crippen molar-refractivity contribution in [3.8, 4) is 0 Å². The van der Waals surface area contributed by atoms with Crippen molar-refractivity contribution < 1.29 is 4.74 Å². The van der Waals surface area contributed by atoms with Crippen LogP contribution in [0.2, 0.25) is 0 Å². The smallest absolute Gasteiger partial charge is 0.154 e. The molecule has 1 fully saturated rings. The standard InChI is InChI=1S/C13H26O/c1-5-11(4)12-6-8-13(9-7-12)14-10(2)3/h10-13H,5-9H2,1-4H3/p+1. The van der Waals surface area contributed by atoms with E-state index in [9.17, 15) is 0 Å². The van der Waals surface area contributed by atoms with Crippen LogP contribution in [0.1, 0.15) is 59.8 Å². The molecular formula is C13H27O+. The monoisotopic (exact) mass is 199 g/mol. The molecule has 1 nitrogen and oxygen atoms in total. The molecule has 0 spiro atoms. The molecular weight excluding hydrogens is 172 g/mol. The maximum atomic E-state index is 4.76. The Morgan fingerprint density at radius 3 is 2.07 bits per heavy atom. The van der Waals surface area contributed by atoms with E-state index in [1.54, 1.807) is 0 Å². The van der Waals surface area contributed by atoms with Crippen LogP contribution in [-0.4, -0.2) is 16.9 Å². The minimum Gasteiger partial charge on any atom is -0.430 e. The van der Waals surface area contributed by atoms with Gasteiger partial charge in [0.05, 0.1) is 0 Å². The molecule has 0 aromatic rings. The summed E-state index contributed by atoms with van der Waals surface area (Å²) in [5.41, 5.74) is 0. The molecule has 1 aliphatic carbocycles. The van der Waals surface area contributed by atoms with Gasteiger partial charge in [-0.25, -0.2) is 0 Å². The normalized spacial score (nSPS) is 30.6. The molecule has 1 heteroatoms. The van der Waals surface area contributed by atoms with Crippen LogP contribution in [0.4, 0.5) is 0 Å². The van der Waals surface area contributed by atoms with Gasteiger partial charge in [0, 0.05) is 26.7 Å². The third-order valence-corrected chi connectivity index (χ3v) is 3.70. The zero-order chi connectivity index (χ0) is 10.6. The van der Waals surface area contributed by atoms with Crippen molar-refractivity contribution in [2.45, 2.75) is 72.0 Å². The molecule has 0 saturated heterocycles. The Kier molecular flexibility index (Phi) is 4.94. The van der Waals surface area contributed by atoms with Crippen molar-refractivity contribution in [1.82, 2.24) is 0 Å². The molecule has 0 heterocycles. The zero-order valence-electron chi connectivity index (χ0n) is 10.3. The number of ether oxygens (including phenoxy) is 1. The van der Waals surface area contributed by atoms with Gasteiger partial charge in [-0.2, -0.15) is 0 Å². The first-order chi connectivity index (χ1) is 6.63. The first-order valence-corrected chi connectivity index (χ1v) is 6.33. The minimum atomic E-state index is 0.528. The average molecular weight is 199 g/mol. The number of rotatable bonds is 4. The topological polar surface area (TPSA) is 12.8 Å². The molecule has 1 N–H and O–H groups in total. The number of aliphatic hydroxyl groups is 2. The van der Waals surface area contributed by atoms with Gasteiger partial charge in [-0.3, -0.25) is 0 Å². The van der Waals surface area contributed by atoms with Crippen molar-refractivity contribution in [3.63, 3.8) is 0 Å². The van der Waals surface area contributed by atoms with E-state index in [0.717, 1.165) is 11.8 Å². The molecule has 84 valence electrons. The molecule has 1 saturated carbocycles. The van der Waals surface area contributed by atoms with E-state index in [1.165, 1.54) is 32.1 Å². The van der Waals surface area contributed by atoms with E-state index in [0.29, 0.717) is 12.2 Å². The predicted molar refractivity (Wildman–Crippen MR) is 62.6 cm³/mol. The van der Waals surface area contributed by atoms with Gasteiger partial charge in [0.2, 0.25) is 0 Å². The highest BCUT2D eigenvalue weighted by Gasteiger charge is 2.27. The molecule has 0 bridgehead atoms. The lowest BCUT2D eigenvalue weighted by Crippen LogP contribution is -2.29. The van der Waals surface area contributed by atoms with Crippen molar-refractivity contribution in [3.05, 3.63) is 0 Å². The summed E-state index contributed by atoms with van der Waals surface area (Å²) in [5, 5.41) is 0. The van der Waals surface area contributed by atoms with Gasteiger partial charge < -0.3 is 4.74 Å². The van der Waals surface area contributed by atoms with Crippen LogP contribution in [0.15, 0.2) is 0 Å². The largest absolute Gasteiger partial charge is 0.430 e. The molecule has 1 aliphatic rings. The highest BCUT2D eigenvalue weighted by atomic mass is 16.5. The van der Waals surface area contributed by atoms with Crippen molar-refractivity contribution in [1.29, 1.82) is 0 Å². The molecule has 0 amide bonds. The van der Waals surface area contributed by atoms with Gasteiger partial charge in [-0.1, -0.05) is 20.3 Å². The van der Waals surface area contributed by atoms with Crippen LogP contribution in [-0.2, 0) is 0 Å². The summed E-state index contributed by atoms with van der Waals surface area (Å²) in [7, 11) is 0. The zero-order valence-corrected chi connectivity index (χ0v) is 10.3. The van der Waals surface area contributed by atoms with Crippen LogP contribution in [0.25, 0.3) is 0 Å². The van der Waals surface area contributed by atoms with Crippen LogP contribution >= 0.6 is 0 Å². The third kappa shape index (κ3) is 3.61. The first-order valence-electron chi connectivity index (χ1n) is 6.33. The molecule has 14 heavy (non-hydrogen) atoms. The van der Waals surface area contributed by atoms with Crippen LogP contribution in [0, 0.1) is 11.8 Å². The maximum absolute atomic E-state index is 4.76. The molecule has 1 atom stereocenters. The van der Waals surface area contributed by atoms with E-state index in [4.69, 9.17) is 4.74 Å². The highest BCUT2D eigenvalue weighted by Crippen LogP contribution is 2.32. The van der Waals surface area contributed by atoms with Gasteiger partial charge in [-0.05, 0) is 24.7 Å². The van der Waals surface area contributed by atoms with Gasteiger partial charge in [0.15, 0.2) is 6.10 Å². The van der Waals surface area contributed by atoms with Crippen LogP contribution in [0.5, 0.6) is 0 Å². The van der Waals surface area contributed by atoms with Crippen molar-refractivity contribution in [2.24, 2.45) is 11.8 Å². The fraction of sp³-hybridized carbons (Fsp3) is 1.00. The first kappa shape index (κ1) is 12.0. The molecule has 1 rings (SSSR count). The average Bonchev–Trinajstić information content (AvgIpc) is 2.17. The fourth-order valence-corrected chi connectivity index (χ4v) is 2.57. The lowest BCUT2D eigenvalue weighted by molar-refractivity contribution is -0.161. The summed E-state index contributed by atoms with van der Waals surface area (Å²) in [6, 6.07) is 0. The summed E-state index contributed by atoms with van der Waals surface area (Å²) in [5.74, 6) is 1.91. The maximum Gasteiger partial charge on any atom is 0.154 e. The Balaban J connectivity index is 2.24. The Hall–Kier alpha value is -0.0400. The summed E-state index contributed by atoms with van der Waals surface area (Å²) in [6.07, 6.45) is 8.05. The Morgan fingerprint density at radius 2 is 1.64 bits per heavy atom. The summed E-state index contributed by atoms with van der Waals surface area (Å²) < 4.78 is 4.76. The van der Waals surface area contributed by atoms with E-state index in [2.05, 4.69) is 27.7 Å². The minimum absolute atomic E-state index is 0.528. The Labute approximate surface area is 89.2 Å². The van der Waals surface area contributed by atoms with Crippen LogP contribution < -0.4 is 0 Å². The predicted octanol–water partition coefficient (Wildman–Crippen LogP) is 3.53. The highest BCUT2D eigenvalue weighted by molar-refractivity contribution is 4.75. The van der Waals surface area contributed by atoms with Crippen molar-refractivity contribution >= 4 is 0 Å². The van der Waals surface area contributed by atoms with Gasteiger partial charge in [-0.15, -0.1) is 0 Å². The van der Waals surface area contributed by atoms with Gasteiger partial charge >= 0.3 is 0 Å². The van der Waals surface area contributed by atoms with Gasteiger partial charge in [0.25, 0.3) is 0 Å². The van der Waals surface area contributed by atoms with Crippen molar-refractivity contribution in [2.75, 3.05) is 0 Å². The second-order valence-corrected chi connectivity index (χ2v) is 5.20. The summed E-state index contributed by atoms with van der Waals surface area (Å²) >= 11 is 0. The van der Waals surface area contributed by atoms with E-state index < -0.39 is 0 Å². The van der Waals surface area contributed by atoms with E-state index >= 15 is 0 Å². The molecule has 0 aliphatic heterocycles. The second-order valence-electron chi connectivity index (χ2n) is 5.20. The fourth-order valence-electron chi connectivity index (χ4n) is 2.57. The van der Waals surface area contributed by atoms with E-state index in [1.807, 2.05) is 0 Å². The second kappa shape index (κ2) is 5.75. The third-order valence-electron chi connectivity index (χ3n) is 3.70. The molecule has 0 radical (unpaired) electrons. The SMILES string of the molecule is CCC(C)C1CCC([OH+]C(C)C)CC1. The quantitative estimate of drug-likeness (QED) is 0.614.